The molecule has 0 aliphatic heterocycles. The van der Waals surface area contributed by atoms with Gasteiger partial charge in [0.05, 0.1) is 12.2 Å². The maximum absolute atomic E-state index is 9.31. The third-order valence-electron chi connectivity index (χ3n) is 3.33. The van der Waals surface area contributed by atoms with E-state index < -0.39 is 0 Å². The van der Waals surface area contributed by atoms with Gasteiger partial charge in [-0.25, -0.2) is 0 Å². The Balaban J connectivity index is 2.42. The van der Waals surface area contributed by atoms with Crippen LogP contribution in [0, 0.1) is 5.92 Å². The van der Waals surface area contributed by atoms with E-state index in [9.17, 15) is 5.11 Å². The minimum atomic E-state index is -0.194. The van der Waals surface area contributed by atoms with E-state index in [4.69, 9.17) is 4.74 Å². The molecule has 1 N–H and O–H groups in total. The van der Waals surface area contributed by atoms with E-state index in [1.807, 2.05) is 6.92 Å². The largest absolute Gasteiger partial charge is 0.393 e. The maximum Gasteiger partial charge on any atom is 0.0912 e. The minimum absolute atomic E-state index is 0.192. The molecule has 2 nitrogen and oxygen atoms in total. The average molecular weight is 186 g/mol. The summed E-state index contributed by atoms with van der Waals surface area (Å²) < 4.78 is 5.66. The summed E-state index contributed by atoms with van der Waals surface area (Å²) in [7, 11) is 0. The Morgan fingerprint density at radius 2 is 1.92 bits per heavy atom. The molecule has 0 unspecified atom stereocenters. The zero-order chi connectivity index (χ0) is 9.73. The van der Waals surface area contributed by atoms with Gasteiger partial charge in [-0.15, -0.1) is 0 Å². The van der Waals surface area contributed by atoms with Gasteiger partial charge in [0, 0.05) is 6.61 Å². The van der Waals surface area contributed by atoms with Crippen LogP contribution in [0.25, 0.3) is 0 Å². The summed E-state index contributed by atoms with van der Waals surface area (Å²) in [5.41, 5.74) is -0.194. The van der Waals surface area contributed by atoms with Gasteiger partial charge < -0.3 is 9.84 Å². The molecule has 78 valence electrons. The van der Waals surface area contributed by atoms with Crippen molar-refractivity contribution in [1.29, 1.82) is 0 Å². The van der Waals surface area contributed by atoms with Crippen molar-refractivity contribution in [3.63, 3.8) is 0 Å². The van der Waals surface area contributed by atoms with Crippen molar-refractivity contribution in [3.05, 3.63) is 0 Å². The number of ether oxygens (including phenoxy) is 1. The summed E-state index contributed by atoms with van der Waals surface area (Å²) >= 11 is 0. The van der Waals surface area contributed by atoms with Crippen molar-refractivity contribution in [2.75, 3.05) is 13.2 Å². The van der Waals surface area contributed by atoms with Crippen molar-refractivity contribution in [1.82, 2.24) is 0 Å². The summed E-state index contributed by atoms with van der Waals surface area (Å²) in [5, 5.41) is 9.31. The summed E-state index contributed by atoms with van der Waals surface area (Å²) in [6, 6.07) is 0. The summed E-state index contributed by atoms with van der Waals surface area (Å²) in [4.78, 5) is 0. The van der Waals surface area contributed by atoms with Gasteiger partial charge in [0.25, 0.3) is 0 Å². The molecule has 0 aromatic heterocycles. The lowest BCUT2D eigenvalue weighted by Gasteiger charge is -2.38. The summed E-state index contributed by atoms with van der Waals surface area (Å²) in [5.74, 6) is 0.861. The molecule has 0 heterocycles. The lowest BCUT2D eigenvalue weighted by Crippen LogP contribution is -2.40. The predicted octanol–water partition coefficient (Wildman–Crippen LogP) is 2.35. The third-order valence-corrected chi connectivity index (χ3v) is 3.33. The van der Waals surface area contributed by atoms with Crippen molar-refractivity contribution in [3.8, 4) is 0 Å². The Bertz CT molecular complexity index is 137. The van der Waals surface area contributed by atoms with Crippen LogP contribution in [-0.2, 0) is 4.74 Å². The standard InChI is InChI=1S/C11H22O2/c1-3-10-5-7-11(9-12,8-6-10)13-4-2/h10,12H,3-9H2,1-2H3. The van der Waals surface area contributed by atoms with E-state index in [1.54, 1.807) is 0 Å². The highest BCUT2D eigenvalue weighted by molar-refractivity contribution is 4.86. The monoisotopic (exact) mass is 186 g/mol. The molecule has 1 saturated carbocycles. The highest BCUT2D eigenvalue weighted by atomic mass is 16.5. The first-order chi connectivity index (χ1) is 6.26. The van der Waals surface area contributed by atoms with E-state index in [0.29, 0.717) is 0 Å². The third kappa shape index (κ3) is 2.68. The van der Waals surface area contributed by atoms with E-state index in [0.717, 1.165) is 25.4 Å². The van der Waals surface area contributed by atoms with E-state index >= 15 is 0 Å². The zero-order valence-corrected chi connectivity index (χ0v) is 8.88. The topological polar surface area (TPSA) is 29.5 Å². The Hall–Kier alpha value is -0.0800. The number of aliphatic hydroxyl groups excluding tert-OH is 1. The molecule has 13 heavy (non-hydrogen) atoms. The van der Waals surface area contributed by atoms with Crippen LogP contribution in [-0.4, -0.2) is 23.9 Å². The number of hydrogen-bond acceptors (Lipinski definition) is 2. The Morgan fingerprint density at radius 1 is 1.31 bits per heavy atom. The summed E-state index contributed by atoms with van der Waals surface area (Å²) in [6.45, 7) is 5.16. The van der Waals surface area contributed by atoms with Crippen LogP contribution in [0.3, 0.4) is 0 Å². The van der Waals surface area contributed by atoms with Gasteiger partial charge in [-0.2, -0.15) is 0 Å². The Kier molecular flexibility index (Phi) is 4.20. The van der Waals surface area contributed by atoms with Crippen LogP contribution >= 0.6 is 0 Å². The molecule has 0 saturated heterocycles. The van der Waals surface area contributed by atoms with E-state index in [2.05, 4.69) is 6.92 Å². The summed E-state index contributed by atoms with van der Waals surface area (Å²) in [6.07, 6.45) is 5.79. The average Bonchev–Trinajstić information content (AvgIpc) is 2.19. The van der Waals surface area contributed by atoms with E-state index in [1.165, 1.54) is 19.3 Å². The fourth-order valence-corrected chi connectivity index (χ4v) is 2.27. The predicted molar refractivity (Wildman–Crippen MR) is 53.7 cm³/mol. The molecule has 0 amide bonds. The van der Waals surface area contributed by atoms with E-state index in [-0.39, 0.29) is 12.2 Å². The SMILES string of the molecule is CCOC1(CO)CCC(CC)CC1. The highest BCUT2D eigenvalue weighted by Crippen LogP contribution is 2.35. The van der Waals surface area contributed by atoms with Gasteiger partial charge in [-0.05, 0) is 38.5 Å². The van der Waals surface area contributed by atoms with Gasteiger partial charge in [-0.1, -0.05) is 13.3 Å². The second-order valence-corrected chi connectivity index (χ2v) is 4.13. The van der Waals surface area contributed by atoms with Gasteiger partial charge in [0.2, 0.25) is 0 Å². The van der Waals surface area contributed by atoms with Gasteiger partial charge in [-0.3, -0.25) is 0 Å². The molecule has 1 fully saturated rings. The second-order valence-electron chi connectivity index (χ2n) is 4.13. The maximum atomic E-state index is 9.31. The molecule has 0 atom stereocenters. The van der Waals surface area contributed by atoms with Gasteiger partial charge >= 0.3 is 0 Å². The Labute approximate surface area is 81.3 Å². The molecule has 1 aliphatic rings. The first-order valence-corrected chi connectivity index (χ1v) is 5.51. The Morgan fingerprint density at radius 3 is 2.31 bits per heavy atom. The first kappa shape index (κ1) is 11.0. The second kappa shape index (κ2) is 4.97. The highest BCUT2D eigenvalue weighted by Gasteiger charge is 2.34. The van der Waals surface area contributed by atoms with Crippen LogP contribution in [0.1, 0.15) is 46.0 Å². The van der Waals surface area contributed by atoms with Crippen molar-refractivity contribution >= 4 is 0 Å². The van der Waals surface area contributed by atoms with Crippen LogP contribution in [0.5, 0.6) is 0 Å². The molecular weight excluding hydrogens is 164 g/mol. The molecule has 1 rings (SSSR count). The van der Waals surface area contributed by atoms with Crippen molar-refractivity contribution < 1.29 is 9.84 Å². The smallest absolute Gasteiger partial charge is 0.0912 e. The van der Waals surface area contributed by atoms with Crippen molar-refractivity contribution in [2.24, 2.45) is 5.92 Å². The fourth-order valence-electron chi connectivity index (χ4n) is 2.27. The zero-order valence-electron chi connectivity index (χ0n) is 8.88. The molecular formula is C11H22O2. The molecule has 0 bridgehead atoms. The van der Waals surface area contributed by atoms with Crippen LogP contribution in [0.4, 0.5) is 0 Å². The number of hydrogen-bond donors (Lipinski definition) is 1. The quantitative estimate of drug-likeness (QED) is 0.730. The fraction of sp³-hybridized carbons (Fsp3) is 1.00. The number of aliphatic hydroxyl groups is 1. The molecule has 0 aromatic rings. The first-order valence-electron chi connectivity index (χ1n) is 5.51. The molecule has 0 radical (unpaired) electrons. The normalized spacial score (nSPS) is 34.8. The molecule has 2 heteroatoms. The molecule has 1 aliphatic carbocycles. The van der Waals surface area contributed by atoms with Crippen molar-refractivity contribution in [2.45, 2.75) is 51.6 Å². The van der Waals surface area contributed by atoms with Gasteiger partial charge in [0.1, 0.15) is 0 Å². The van der Waals surface area contributed by atoms with Crippen LogP contribution < -0.4 is 0 Å². The van der Waals surface area contributed by atoms with Crippen LogP contribution in [0.15, 0.2) is 0 Å². The number of rotatable bonds is 4. The molecule has 0 aromatic carbocycles. The van der Waals surface area contributed by atoms with Gasteiger partial charge in [0.15, 0.2) is 0 Å². The van der Waals surface area contributed by atoms with Crippen LogP contribution in [0.2, 0.25) is 0 Å². The lowest BCUT2D eigenvalue weighted by atomic mass is 9.78. The minimum Gasteiger partial charge on any atom is -0.393 e. The molecule has 0 spiro atoms. The lowest BCUT2D eigenvalue weighted by molar-refractivity contribution is -0.103.